The Labute approximate surface area is 199 Å². The van der Waals surface area contributed by atoms with Gasteiger partial charge in [0.05, 0.1) is 23.0 Å². The van der Waals surface area contributed by atoms with Crippen molar-refractivity contribution >= 4 is 57.7 Å². The maximum atomic E-state index is 6.26. The van der Waals surface area contributed by atoms with Crippen LogP contribution in [-0.4, -0.2) is 19.9 Å². The first-order valence-corrected chi connectivity index (χ1v) is 11.0. The van der Waals surface area contributed by atoms with E-state index in [-0.39, 0.29) is 0 Å². The Balaban J connectivity index is 1.81. The topological polar surface area (TPSA) is 40.0 Å². The first-order valence-electron chi connectivity index (χ1n) is 9.21. The lowest BCUT2D eigenvalue weighted by atomic mass is 10.2. The van der Waals surface area contributed by atoms with Crippen molar-refractivity contribution in [1.82, 2.24) is 0 Å². The quantitative estimate of drug-likeness (QED) is 0.216. The van der Waals surface area contributed by atoms with Crippen molar-refractivity contribution in [3.63, 3.8) is 0 Å². The second-order valence-corrected chi connectivity index (χ2v) is 8.25. The van der Waals surface area contributed by atoms with Gasteiger partial charge in [-0.25, -0.2) is 0 Å². The molecule has 0 saturated carbocycles. The highest BCUT2D eigenvalue weighted by Gasteiger charge is 2.13. The molecule has 3 aromatic carbocycles. The number of benzene rings is 3. The van der Waals surface area contributed by atoms with Crippen LogP contribution < -0.4 is 14.2 Å². The minimum atomic E-state index is 0.311. The van der Waals surface area contributed by atoms with Gasteiger partial charge < -0.3 is 14.2 Å². The van der Waals surface area contributed by atoms with Gasteiger partial charge in [-0.1, -0.05) is 29.3 Å². The summed E-state index contributed by atoms with van der Waals surface area (Å²) in [5.41, 5.74) is 2.60. The average Bonchev–Trinajstić information content (AvgIpc) is 2.73. The van der Waals surface area contributed by atoms with Crippen LogP contribution in [0.25, 0.3) is 0 Å². The van der Waals surface area contributed by atoms with Crippen LogP contribution in [0.3, 0.4) is 0 Å². The summed E-state index contributed by atoms with van der Waals surface area (Å²) in [6.07, 6.45) is 1.80. The molecule has 0 bridgehead atoms. The Kier molecular flexibility index (Phi) is 8.24. The van der Waals surface area contributed by atoms with Crippen molar-refractivity contribution in [3.05, 3.63) is 79.3 Å². The first-order chi connectivity index (χ1) is 14.5. The predicted molar refractivity (Wildman–Crippen MR) is 131 cm³/mol. The zero-order chi connectivity index (χ0) is 21.5. The molecule has 3 aromatic rings. The van der Waals surface area contributed by atoms with Crippen LogP contribution in [0.15, 0.2) is 59.6 Å². The third-order valence-electron chi connectivity index (χ3n) is 4.15. The van der Waals surface area contributed by atoms with Gasteiger partial charge in [0.2, 0.25) is 0 Å². The van der Waals surface area contributed by atoms with Crippen molar-refractivity contribution in [1.29, 1.82) is 0 Å². The van der Waals surface area contributed by atoms with E-state index in [9.17, 15) is 0 Å². The molecule has 0 amide bonds. The van der Waals surface area contributed by atoms with Gasteiger partial charge >= 0.3 is 0 Å². The molecule has 0 aliphatic rings. The second-order valence-electron chi connectivity index (χ2n) is 6.24. The SMILES string of the molecule is CCOc1cc(C=Nc2ccc(OC)cc2)cc(I)c1OCc1ccc(Cl)cc1Cl. The van der Waals surface area contributed by atoms with Gasteiger partial charge in [0.15, 0.2) is 11.5 Å². The summed E-state index contributed by atoms with van der Waals surface area (Å²) in [5.74, 6) is 2.13. The van der Waals surface area contributed by atoms with Crippen LogP contribution in [-0.2, 0) is 6.61 Å². The van der Waals surface area contributed by atoms with Crippen LogP contribution in [0.2, 0.25) is 10.0 Å². The Hall–Kier alpha value is -1.96. The average molecular weight is 556 g/mol. The molecular weight excluding hydrogens is 536 g/mol. The number of methoxy groups -OCH3 is 1. The molecule has 0 N–H and O–H groups in total. The molecule has 3 rings (SSSR count). The number of nitrogens with zero attached hydrogens (tertiary/aromatic N) is 1. The lowest BCUT2D eigenvalue weighted by Gasteiger charge is -2.15. The van der Waals surface area contributed by atoms with Crippen LogP contribution in [0.5, 0.6) is 17.2 Å². The molecule has 30 heavy (non-hydrogen) atoms. The summed E-state index contributed by atoms with van der Waals surface area (Å²) in [4.78, 5) is 4.53. The van der Waals surface area contributed by atoms with E-state index in [2.05, 4.69) is 27.6 Å². The molecular formula is C23H20Cl2INO3. The van der Waals surface area contributed by atoms with Gasteiger partial charge in [0.1, 0.15) is 12.4 Å². The number of ether oxygens (including phenoxy) is 3. The van der Waals surface area contributed by atoms with E-state index in [1.807, 2.05) is 49.4 Å². The fraction of sp³-hybridized carbons (Fsp3) is 0.174. The number of hydrogen-bond acceptors (Lipinski definition) is 4. The zero-order valence-electron chi connectivity index (χ0n) is 16.5. The van der Waals surface area contributed by atoms with Gasteiger partial charge in [-0.05, 0) is 83.6 Å². The lowest BCUT2D eigenvalue weighted by Crippen LogP contribution is -2.03. The highest BCUT2D eigenvalue weighted by molar-refractivity contribution is 14.1. The number of aliphatic imine (C=N–C) groups is 1. The van der Waals surface area contributed by atoms with E-state index >= 15 is 0 Å². The monoisotopic (exact) mass is 555 g/mol. The largest absolute Gasteiger partial charge is 0.497 e. The Morgan fingerprint density at radius 2 is 1.77 bits per heavy atom. The normalized spacial score (nSPS) is 11.0. The molecule has 0 aliphatic heterocycles. The molecule has 0 saturated heterocycles. The fourth-order valence-electron chi connectivity index (χ4n) is 2.67. The van der Waals surface area contributed by atoms with Crippen LogP contribution >= 0.6 is 45.8 Å². The van der Waals surface area contributed by atoms with E-state index in [4.69, 9.17) is 37.4 Å². The Bertz CT molecular complexity index is 1040. The molecule has 0 atom stereocenters. The van der Waals surface area contributed by atoms with E-state index < -0.39 is 0 Å². The van der Waals surface area contributed by atoms with Crippen molar-refractivity contribution < 1.29 is 14.2 Å². The maximum absolute atomic E-state index is 6.26. The third kappa shape index (κ3) is 6.03. The smallest absolute Gasteiger partial charge is 0.175 e. The number of rotatable bonds is 8. The van der Waals surface area contributed by atoms with Crippen LogP contribution in [0.4, 0.5) is 5.69 Å². The van der Waals surface area contributed by atoms with Crippen molar-refractivity contribution in [2.24, 2.45) is 4.99 Å². The fourth-order valence-corrected chi connectivity index (χ4v) is 3.92. The molecule has 0 heterocycles. The van der Waals surface area contributed by atoms with Gasteiger partial charge in [0.25, 0.3) is 0 Å². The predicted octanol–water partition coefficient (Wildman–Crippen LogP) is 7.33. The Morgan fingerprint density at radius 1 is 1.00 bits per heavy atom. The molecule has 0 spiro atoms. The summed E-state index contributed by atoms with van der Waals surface area (Å²) in [5, 5.41) is 1.16. The second kappa shape index (κ2) is 10.9. The molecule has 0 unspecified atom stereocenters. The minimum Gasteiger partial charge on any atom is -0.497 e. The summed E-state index contributed by atoms with van der Waals surface area (Å²) in [6, 6.07) is 16.8. The van der Waals surface area contributed by atoms with Gasteiger partial charge in [-0.15, -0.1) is 0 Å². The Morgan fingerprint density at radius 3 is 2.43 bits per heavy atom. The minimum absolute atomic E-state index is 0.311. The summed E-state index contributed by atoms with van der Waals surface area (Å²) in [6.45, 7) is 2.77. The zero-order valence-corrected chi connectivity index (χ0v) is 20.2. The van der Waals surface area contributed by atoms with Crippen molar-refractivity contribution in [3.8, 4) is 17.2 Å². The molecule has 4 nitrogen and oxygen atoms in total. The highest BCUT2D eigenvalue weighted by atomic mass is 127. The number of halogens is 3. The van der Waals surface area contributed by atoms with Crippen molar-refractivity contribution in [2.45, 2.75) is 13.5 Å². The molecule has 0 radical (unpaired) electrons. The van der Waals surface area contributed by atoms with E-state index in [1.54, 1.807) is 25.5 Å². The third-order valence-corrected chi connectivity index (χ3v) is 5.54. The highest BCUT2D eigenvalue weighted by Crippen LogP contribution is 2.35. The van der Waals surface area contributed by atoms with Gasteiger partial charge in [-0.3, -0.25) is 4.99 Å². The van der Waals surface area contributed by atoms with Crippen LogP contribution in [0.1, 0.15) is 18.1 Å². The molecule has 0 fully saturated rings. The maximum Gasteiger partial charge on any atom is 0.175 e. The van der Waals surface area contributed by atoms with Crippen LogP contribution in [0, 0.1) is 3.57 Å². The standard InChI is InChI=1S/C23H20Cl2INO3/c1-3-29-22-11-15(13-27-18-6-8-19(28-2)9-7-18)10-21(26)23(22)30-14-16-4-5-17(24)12-20(16)25/h4-13H,3,14H2,1-2H3. The lowest BCUT2D eigenvalue weighted by molar-refractivity contribution is 0.267. The van der Waals surface area contributed by atoms with Gasteiger partial charge in [-0.2, -0.15) is 0 Å². The van der Waals surface area contributed by atoms with Crippen molar-refractivity contribution in [2.75, 3.05) is 13.7 Å². The van der Waals surface area contributed by atoms with E-state index in [0.717, 1.165) is 26.1 Å². The summed E-state index contributed by atoms with van der Waals surface area (Å²) >= 11 is 14.5. The van der Waals surface area contributed by atoms with Gasteiger partial charge in [0, 0.05) is 21.8 Å². The van der Waals surface area contributed by atoms with E-state index in [1.165, 1.54) is 0 Å². The molecule has 0 aliphatic carbocycles. The molecule has 156 valence electrons. The molecule has 0 aromatic heterocycles. The molecule has 7 heteroatoms. The number of hydrogen-bond donors (Lipinski definition) is 0. The first kappa shape index (κ1) is 22.7. The van der Waals surface area contributed by atoms with E-state index in [0.29, 0.717) is 34.8 Å². The summed E-state index contributed by atoms with van der Waals surface area (Å²) < 4.78 is 18.0. The summed E-state index contributed by atoms with van der Waals surface area (Å²) in [7, 11) is 1.64.